The molecule has 0 spiro atoms. The molecular formula is C9H13ClF3NS. The fourth-order valence-corrected chi connectivity index (χ4v) is 2.09. The summed E-state index contributed by atoms with van der Waals surface area (Å²) in [6, 6.07) is 2.59. The molecule has 15 heavy (non-hydrogen) atoms. The van der Waals surface area contributed by atoms with Crippen LogP contribution >= 0.6 is 23.7 Å². The van der Waals surface area contributed by atoms with E-state index >= 15 is 0 Å². The molecule has 0 aliphatic rings. The monoisotopic (exact) mass is 259 g/mol. The van der Waals surface area contributed by atoms with Crippen LogP contribution in [0, 0.1) is 0 Å². The summed E-state index contributed by atoms with van der Waals surface area (Å²) in [5, 5.41) is 0. The van der Waals surface area contributed by atoms with E-state index in [0.717, 1.165) is 11.3 Å². The molecule has 1 aromatic heterocycles. The first-order chi connectivity index (χ1) is 6.42. The quantitative estimate of drug-likeness (QED) is 0.880. The second-order valence-electron chi connectivity index (χ2n) is 3.08. The Bertz CT molecular complexity index is 298. The van der Waals surface area contributed by atoms with E-state index in [2.05, 4.69) is 0 Å². The van der Waals surface area contributed by atoms with Crippen LogP contribution in [0.4, 0.5) is 13.2 Å². The standard InChI is InChI=1S/C9H12F3NS.ClH/c1-2-6-3-4-8(14-6)7(13)5-9(10,11)12;/h3-4,7H,2,5,13H2,1H3;1H/t7-;/m0./s1. The third kappa shape index (κ3) is 4.86. The van der Waals surface area contributed by atoms with Crippen molar-refractivity contribution in [3.05, 3.63) is 21.9 Å². The van der Waals surface area contributed by atoms with Gasteiger partial charge in [-0.1, -0.05) is 6.92 Å². The lowest BCUT2D eigenvalue weighted by molar-refractivity contribution is -0.138. The lowest BCUT2D eigenvalue weighted by atomic mass is 10.2. The highest BCUT2D eigenvalue weighted by Gasteiger charge is 2.31. The van der Waals surface area contributed by atoms with E-state index in [1.54, 1.807) is 6.07 Å². The van der Waals surface area contributed by atoms with Gasteiger partial charge in [-0.05, 0) is 18.6 Å². The van der Waals surface area contributed by atoms with E-state index in [4.69, 9.17) is 5.73 Å². The molecule has 0 saturated heterocycles. The Kier molecular flexibility index (Phi) is 5.62. The molecule has 0 saturated carbocycles. The molecule has 0 unspecified atom stereocenters. The molecule has 2 N–H and O–H groups in total. The van der Waals surface area contributed by atoms with E-state index in [1.807, 2.05) is 13.0 Å². The van der Waals surface area contributed by atoms with Crippen molar-refractivity contribution < 1.29 is 13.2 Å². The Morgan fingerprint density at radius 2 is 2.00 bits per heavy atom. The highest BCUT2D eigenvalue weighted by Crippen LogP contribution is 2.31. The maximum Gasteiger partial charge on any atom is 0.390 e. The van der Waals surface area contributed by atoms with Crippen molar-refractivity contribution in [1.29, 1.82) is 0 Å². The van der Waals surface area contributed by atoms with Gasteiger partial charge in [-0.2, -0.15) is 13.2 Å². The van der Waals surface area contributed by atoms with Gasteiger partial charge in [0.15, 0.2) is 0 Å². The van der Waals surface area contributed by atoms with Gasteiger partial charge in [-0.3, -0.25) is 0 Å². The molecule has 0 aliphatic carbocycles. The van der Waals surface area contributed by atoms with Gasteiger partial charge in [0, 0.05) is 15.8 Å². The first-order valence-electron chi connectivity index (χ1n) is 4.33. The van der Waals surface area contributed by atoms with E-state index in [-0.39, 0.29) is 12.4 Å². The molecule has 1 nitrogen and oxygen atoms in total. The van der Waals surface area contributed by atoms with Gasteiger partial charge >= 0.3 is 6.18 Å². The van der Waals surface area contributed by atoms with Gasteiger partial charge in [0.05, 0.1) is 6.42 Å². The second kappa shape index (κ2) is 5.72. The molecule has 1 aromatic rings. The number of halogens is 4. The summed E-state index contributed by atoms with van der Waals surface area (Å²) in [4.78, 5) is 1.68. The highest BCUT2D eigenvalue weighted by atomic mass is 35.5. The minimum Gasteiger partial charge on any atom is -0.323 e. The average molecular weight is 260 g/mol. The molecule has 0 aromatic carbocycles. The lowest BCUT2D eigenvalue weighted by Gasteiger charge is -2.11. The maximum atomic E-state index is 12.0. The molecule has 1 rings (SSSR count). The molecular weight excluding hydrogens is 247 g/mol. The van der Waals surface area contributed by atoms with Crippen LogP contribution in [-0.2, 0) is 6.42 Å². The summed E-state index contributed by atoms with van der Waals surface area (Å²) in [5.41, 5.74) is 5.44. The Balaban J connectivity index is 0.00000196. The molecule has 1 atom stereocenters. The Labute approximate surface area is 96.9 Å². The molecule has 0 amide bonds. The zero-order valence-corrected chi connectivity index (χ0v) is 9.81. The van der Waals surface area contributed by atoms with Crippen molar-refractivity contribution in [3.8, 4) is 0 Å². The van der Waals surface area contributed by atoms with Crippen LogP contribution in [-0.4, -0.2) is 6.18 Å². The number of hydrogen-bond donors (Lipinski definition) is 1. The summed E-state index contributed by atoms with van der Waals surface area (Å²) in [6.07, 6.45) is -4.30. The SMILES string of the molecule is CCc1ccc([C@@H](N)CC(F)(F)F)s1.Cl. The third-order valence-electron chi connectivity index (χ3n) is 1.85. The summed E-state index contributed by atoms with van der Waals surface area (Å²) in [6.45, 7) is 1.96. The fraction of sp³-hybridized carbons (Fsp3) is 0.556. The molecule has 6 heteroatoms. The van der Waals surface area contributed by atoms with Crippen LogP contribution in [0.2, 0.25) is 0 Å². The summed E-state index contributed by atoms with van der Waals surface area (Å²) in [5.74, 6) is 0. The molecule has 0 aliphatic heterocycles. The van der Waals surface area contributed by atoms with Crippen LogP contribution in [0.3, 0.4) is 0 Å². The number of hydrogen-bond acceptors (Lipinski definition) is 2. The lowest BCUT2D eigenvalue weighted by Crippen LogP contribution is -2.19. The van der Waals surface area contributed by atoms with E-state index in [9.17, 15) is 13.2 Å². The maximum absolute atomic E-state index is 12.0. The van der Waals surface area contributed by atoms with Gasteiger partial charge in [-0.25, -0.2) is 0 Å². The number of nitrogens with two attached hydrogens (primary N) is 1. The van der Waals surface area contributed by atoms with Crippen LogP contribution in [0.15, 0.2) is 12.1 Å². The smallest absolute Gasteiger partial charge is 0.323 e. The topological polar surface area (TPSA) is 26.0 Å². The highest BCUT2D eigenvalue weighted by molar-refractivity contribution is 7.12. The zero-order chi connectivity index (χ0) is 10.8. The number of alkyl halides is 3. The van der Waals surface area contributed by atoms with Crippen molar-refractivity contribution in [3.63, 3.8) is 0 Å². The predicted molar refractivity (Wildman–Crippen MR) is 58.5 cm³/mol. The Morgan fingerprint density at radius 1 is 1.40 bits per heavy atom. The number of thiophene rings is 1. The van der Waals surface area contributed by atoms with Crippen molar-refractivity contribution in [2.45, 2.75) is 32.0 Å². The van der Waals surface area contributed by atoms with Crippen molar-refractivity contribution in [2.24, 2.45) is 5.73 Å². The van der Waals surface area contributed by atoms with E-state index in [0.29, 0.717) is 4.88 Å². The van der Waals surface area contributed by atoms with Gasteiger partial charge < -0.3 is 5.73 Å². The first-order valence-corrected chi connectivity index (χ1v) is 5.15. The van der Waals surface area contributed by atoms with Gasteiger partial charge in [-0.15, -0.1) is 23.7 Å². The third-order valence-corrected chi connectivity index (χ3v) is 3.21. The average Bonchev–Trinajstić information content (AvgIpc) is 2.48. The molecule has 88 valence electrons. The summed E-state index contributed by atoms with van der Waals surface area (Å²) in [7, 11) is 0. The first kappa shape index (κ1) is 14.7. The molecule has 0 radical (unpaired) electrons. The van der Waals surface area contributed by atoms with Crippen molar-refractivity contribution in [1.82, 2.24) is 0 Å². The largest absolute Gasteiger partial charge is 0.390 e. The normalized spacial score (nSPS) is 13.4. The van der Waals surface area contributed by atoms with Crippen molar-refractivity contribution >= 4 is 23.7 Å². The van der Waals surface area contributed by atoms with Crippen LogP contribution in [0.25, 0.3) is 0 Å². The van der Waals surface area contributed by atoms with Gasteiger partial charge in [0.2, 0.25) is 0 Å². The van der Waals surface area contributed by atoms with E-state index < -0.39 is 18.6 Å². The molecule has 0 fully saturated rings. The minimum absolute atomic E-state index is 0. The van der Waals surface area contributed by atoms with Gasteiger partial charge in [0.25, 0.3) is 0 Å². The summed E-state index contributed by atoms with van der Waals surface area (Å²) < 4.78 is 36.0. The number of rotatable bonds is 3. The molecule has 0 bridgehead atoms. The van der Waals surface area contributed by atoms with Crippen LogP contribution in [0.1, 0.15) is 29.1 Å². The Morgan fingerprint density at radius 3 is 2.40 bits per heavy atom. The Hall–Kier alpha value is -0.260. The van der Waals surface area contributed by atoms with Crippen LogP contribution < -0.4 is 5.73 Å². The van der Waals surface area contributed by atoms with E-state index in [1.165, 1.54) is 11.3 Å². The number of aryl methyl sites for hydroxylation is 1. The molecule has 1 heterocycles. The van der Waals surface area contributed by atoms with Crippen molar-refractivity contribution in [2.75, 3.05) is 0 Å². The second-order valence-corrected chi connectivity index (χ2v) is 4.28. The predicted octanol–water partition coefficient (Wildman–Crippen LogP) is 3.68. The fourth-order valence-electron chi connectivity index (χ4n) is 1.13. The zero-order valence-electron chi connectivity index (χ0n) is 8.17. The minimum atomic E-state index is -4.18. The van der Waals surface area contributed by atoms with Gasteiger partial charge in [0.1, 0.15) is 0 Å². The van der Waals surface area contributed by atoms with Crippen LogP contribution in [0.5, 0.6) is 0 Å². The summed E-state index contributed by atoms with van der Waals surface area (Å²) >= 11 is 1.36.